The number of alkyl halides is 2. The van der Waals surface area contributed by atoms with Gasteiger partial charge in [-0.3, -0.25) is 0 Å². The minimum absolute atomic E-state index is 0.161. The van der Waals surface area contributed by atoms with Crippen LogP contribution in [0.15, 0.2) is 60.7 Å². The monoisotopic (exact) mass is 624 g/mol. The molecule has 0 bridgehead atoms. The van der Waals surface area contributed by atoms with Crippen LogP contribution in [0.25, 0.3) is 22.3 Å². The SMILES string of the molecule is CC.CC1CCC(c2ccc(-c3cc(F)c(C(F)(F)Oc4ccc(-c5cc(F)c(F)c(F)c5)c(F)c4)c(F)c3)c(F)c2)CC1. The molecule has 44 heavy (non-hydrogen) atoms. The average molecular weight is 625 g/mol. The third-order valence-electron chi connectivity index (χ3n) is 7.61. The highest BCUT2D eigenvalue weighted by Gasteiger charge is 2.41. The molecule has 234 valence electrons. The minimum Gasteiger partial charge on any atom is -0.429 e. The lowest BCUT2D eigenvalue weighted by molar-refractivity contribution is -0.189. The van der Waals surface area contributed by atoms with Gasteiger partial charge in [-0.25, -0.2) is 30.7 Å². The van der Waals surface area contributed by atoms with Gasteiger partial charge in [0, 0.05) is 17.2 Å². The molecular formula is C34H29F9O. The molecule has 0 unspecified atom stereocenters. The molecule has 0 spiro atoms. The molecule has 0 atom stereocenters. The Kier molecular flexibility index (Phi) is 10.0. The first-order valence-corrected chi connectivity index (χ1v) is 14.1. The van der Waals surface area contributed by atoms with E-state index in [2.05, 4.69) is 11.7 Å². The molecule has 1 aliphatic rings. The molecule has 1 aliphatic carbocycles. The summed E-state index contributed by atoms with van der Waals surface area (Å²) in [6.07, 6.45) is -0.846. The summed E-state index contributed by atoms with van der Waals surface area (Å²) in [4.78, 5) is 0. The van der Waals surface area contributed by atoms with Crippen molar-refractivity contribution in [2.75, 3.05) is 0 Å². The third-order valence-corrected chi connectivity index (χ3v) is 7.61. The van der Waals surface area contributed by atoms with E-state index in [-0.39, 0.29) is 17.0 Å². The summed E-state index contributed by atoms with van der Waals surface area (Å²) < 4.78 is 134. The fourth-order valence-corrected chi connectivity index (χ4v) is 5.32. The lowest BCUT2D eigenvalue weighted by Gasteiger charge is -2.26. The van der Waals surface area contributed by atoms with E-state index in [1.54, 1.807) is 6.07 Å². The molecular weight excluding hydrogens is 595 g/mol. The second-order valence-electron chi connectivity index (χ2n) is 10.5. The van der Waals surface area contributed by atoms with Crippen LogP contribution in [0.5, 0.6) is 5.75 Å². The van der Waals surface area contributed by atoms with Gasteiger partial charge in [-0.2, -0.15) is 8.78 Å². The van der Waals surface area contributed by atoms with Gasteiger partial charge in [0.2, 0.25) is 0 Å². The Balaban J connectivity index is 0.00000216. The second-order valence-corrected chi connectivity index (χ2v) is 10.5. The zero-order valence-electron chi connectivity index (χ0n) is 24.1. The number of benzene rings is 4. The molecule has 0 aliphatic heterocycles. The summed E-state index contributed by atoms with van der Waals surface area (Å²) in [7, 11) is 0. The van der Waals surface area contributed by atoms with Crippen LogP contribution in [0, 0.1) is 46.6 Å². The van der Waals surface area contributed by atoms with Crippen molar-refractivity contribution in [3.63, 3.8) is 0 Å². The first-order chi connectivity index (χ1) is 20.8. The minimum atomic E-state index is -4.64. The fourth-order valence-electron chi connectivity index (χ4n) is 5.32. The van der Waals surface area contributed by atoms with E-state index in [9.17, 15) is 39.5 Å². The summed E-state index contributed by atoms with van der Waals surface area (Å²) >= 11 is 0. The number of hydrogen-bond acceptors (Lipinski definition) is 1. The lowest BCUT2D eigenvalue weighted by Crippen LogP contribution is -2.25. The normalized spacial score (nSPS) is 16.7. The van der Waals surface area contributed by atoms with Crippen molar-refractivity contribution >= 4 is 0 Å². The summed E-state index contributed by atoms with van der Waals surface area (Å²) in [6, 6.07) is 8.44. The van der Waals surface area contributed by atoms with E-state index in [0.717, 1.165) is 43.4 Å². The van der Waals surface area contributed by atoms with Crippen molar-refractivity contribution in [3.8, 4) is 28.0 Å². The smallest absolute Gasteiger partial charge is 0.429 e. The molecule has 1 saturated carbocycles. The molecule has 10 heteroatoms. The zero-order valence-corrected chi connectivity index (χ0v) is 24.1. The number of rotatable bonds is 6. The van der Waals surface area contributed by atoms with Crippen molar-refractivity contribution in [2.24, 2.45) is 5.92 Å². The van der Waals surface area contributed by atoms with Crippen molar-refractivity contribution in [3.05, 3.63) is 113 Å². The molecule has 1 nitrogen and oxygen atoms in total. The number of hydrogen-bond donors (Lipinski definition) is 0. The van der Waals surface area contributed by atoms with Gasteiger partial charge in [-0.1, -0.05) is 45.7 Å². The summed E-state index contributed by atoms with van der Waals surface area (Å²) in [5.41, 5.74) is -2.41. The van der Waals surface area contributed by atoms with Crippen LogP contribution in [0.1, 0.15) is 63.5 Å². The number of halogens is 9. The molecule has 0 aromatic heterocycles. The average Bonchev–Trinajstić information content (AvgIpc) is 2.96. The van der Waals surface area contributed by atoms with E-state index < -0.39 is 69.3 Å². The van der Waals surface area contributed by atoms with Crippen molar-refractivity contribution in [1.82, 2.24) is 0 Å². The highest BCUT2D eigenvalue weighted by atomic mass is 19.3. The Hall–Kier alpha value is -3.95. The maximum atomic E-state index is 15.0. The molecule has 0 amide bonds. The van der Waals surface area contributed by atoms with Gasteiger partial charge >= 0.3 is 6.11 Å². The molecule has 0 heterocycles. The van der Waals surface area contributed by atoms with Gasteiger partial charge in [0.05, 0.1) is 0 Å². The van der Waals surface area contributed by atoms with Gasteiger partial charge in [0.25, 0.3) is 0 Å². The van der Waals surface area contributed by atoms with E-state index in [0.29, 0.717) is 36.2 Å². The van der Waals surface area contributed by atoms with Crippen molar-refractivity contribution < 1.29 is 44.3 Å². The Morgan fingerprint density at radius 3 is 1.57 bits per heavy atom. The van der Waals surface area contributed by atoms with Crippen LogP contribution in [-0.2, 0) is 6.11 Å². The predicted molar refractivity (Wildman–Crippen MR) is 150 cm³/mol. The zero-order chi connectivity index (χ0) is 32.3. The van der Waals surface area contributed by atoms with Crippen LogP contribution in [0.4, 0.5) is 39.5 Å². The molecule has 0 saturated heterocycles. The van der Waals surface area contributed by atoms with Crippen LogP contribution in [0.3, 0.4) is 0 Å². The quantitative estimate of drug-likeness (QED) is 0.153. The molecule has 0 radical (unpaired) electrons. The van der Waals surface area contributed by atoms with Gasteiger partial charge in [-0.05, 0) is 83.8 Å². The Bertz CT molecular complexity index is 1600. The standard InChI is InChI=1S/C32H23F9O.C2H6/c1-16-2-4-17(5-3-16)18-6-8-22(24(33)10-18)19-11-26(35)30(27(36)12-19)32(40,41)42-21-7-9-23(25(34)15-21)20-13-28(37)31(39)29(38)14-20;1-2/h6-17H,2-5H2,1H3;1-2H3. The molecule has 4 aromatic carbocycles. The van der Waals surface area contributed by atoms with Crippen molar-refractivity contribution in [2.45, 2.75) is 58.5 Å². The first kappa shape index (κ1) is 33.0. The Morgan fingerprint density at radius 1 is 0.591 bits per heavy atom. The summed E-state index contributed by atoms with van der Waals surface area (Å²) in [6.45, 7) is 6.15. The maximum absolute atomic E-state index is 15.0. The molecule has 1 fully saturated rings. The fraction of sp³-hybridized carbons (Fsp3) is 0.294. The van der Waals surface area contributed by atoms with Crippen LogP contribution in [-0.4, -0.2) is 0 Å². The Morgan fingerprint density at radius 2 is 1.07 bits per heavy atom. The van der Waals surface area contributed by atoms with Crippen molar-refractivity contribution in [1.29, 1.82) is 0 Å². The summed E-state index contributed by atoms with van der Waals surface area (Å²) in [5.74, 6) is -10.6. The van der Waals surface area contributed by atoms with E-state index in [1.807, 2.05) is 13.8 Å². The van der Waals surface area contributed by atoms with Gasteiger partial charge in [0.15, 0.2) is 17.5 Å². The van der Waals surface area contributed by atoms with Gasteiger partial charge in [0.1, 0.15) is 34.6 Å². The third kappa shape index (κ3) is 6.89. The van der Waals surface area contributed by atoms with Crippen LogP contribution >= 0.6 is 0 Å². The van der Waals surface area contributed by atoms with Gasteiger partial charge in [-0.15, -0.1) is 0 Å². The highest BCUT2D eigenvalue weighted by molar-refractivity contribution is 5.66. The molecule has 0 N–H and O–H groups in total. The largest absolute Gasteiger partial charge is 0.432 e. The van der Waals surface area contributed by atoms with Crippen LogP contribution < -0.4 is 4.74 Å². The van der Waals surface area contributed by atoms with Crippen LogP contribution in [0.2, 0.25) is 0 Å². The van der Waals surface area contributed by atoms with E-state index >= 15 is 0 Å². The highest BCUT2D eigenvalue weighted by Crippen LogP contribution is 2.40. The maximum Gasteiger partial charge on any atom is 0.432 e. The van der Waals surface area contributed by atoms with E-state index in [4.69, 9.17) is 0 Å². The topological polar surface area (TPSA) is 9.23 Å². The molecule has 4 aromatic rings. The van der Waals surface area contributed by atoms with E-state index in [1.165, 1.54) is 12.1 Å². The lowest BCUT2D eigenvalue weighted by atomic mass is 9.79. The molecule has 5 rings (SSSR count). The predicted octanol–water partition coefficient (Wildman–Crippen LogP) is 11.4. The Labute approximate surface area is 249 Å². The first-order valence-electron chi connectivity index (χ1n) is 14.1. The second kappa shape index (κ2) is 13.4. The van der Waals surface area contributed by atoms with Gasteiger partial charge < -0.3 is 4.74 Å². The summed E-state index contributed by atoms with van der Waals surface area (Å²) in [5, 5.41) is 0. The number of ether oxygens (including phenoxy) is 1.